The van der Waals surface area contributed by atoms with Gasteiger partial charge in [-0.25, -0.2) is 0 Å². The summed E-state index contributed by atoms with van der Waals surface area (Å²) in [7, 11) is 0. The molecule has 3 nitrogen and oxygen atoms in total. The van der Waals surface area contributed by atoms with Gasteiger partial charge in [-0.15, -0.1) is 6.58 Å². The van der Waals surface area contributed by atoms with Gasteiger partial charge in [-0.1, -0.05) is 19.4 Å². The van der Waals surface area contributed by atoms with Crippen molar-refractivity contribution in [3.63, 3.8) is 0 Å². The summed E-state index contributed by atoms with van der Waals surface area (Å²) >= 11 is 0. The summed E-state index contributed by atoms with van der Waals surface area (Å²) in [5.41, 5.74) is -1.01. The Bertz CT molecular complexity index is 553. The van der Waals surface area contributed by atoms with Gasteiger partial charge in [0.25, 0.3) is 0 Å². The normalized spacial score (nSPS) is 49.9. The summed E-state index contributed by atoms with van der Waals surface area (Å²) in [4.78, 5) is 25.0. The Hall–Kier alpha value is -1.12. The predicted octanol–water partition coefficient (Wildman–Crippen LogP) is 4.47. The number of carbonyl (C=O) groups is 2. The topological polar surface area (TPSA) is 54.4 Å². The first-order valence-electron chi connectivity index (χ1n) is 9.10. The Morgan fingerprint density at radius 3 is 2.48 bits per heavy atom. The van der Waals surface area contributed by atoms with Crippen molar-refractivity contribution < 1.29 is 14.7 Å². The lowest BCUT2D eigenvalue weighted by Crippen LogP contribution is -2.58. The number of allylic oxidation sites excluding steroid dienone is 1. The van der Waals surface area contributed by atoms with E-state index in [-0.39, 0.29) is 22.7 Å². The van der Waals surface area contributed by atoms with Crippen molar-refractivity contribution in [3.05, 3.63) is 12.7 Å². The number of fused-ring (bicyclic) bond motifs is 3. The van der Waals surface area contributed by atoms with E-state index >= 15 is 0 Å². The number of carboxylic acids is 1. The van der Waals surface area contributed by atoms with Crippen molar-refractivity contribution in [3.8, 4) is 0 Å². The summed E-state index contributed by atoms with van der Waals surface area (Å²) in [5, 5.41) is 9.84. The van der Waals surface area contributed by atoms with Crippen LogP contribution in [-0.2, 0) is 9.59 Å². The molecule has 23 heavy (non-hydrogen) atoms. The van der Waals surface area contributed by atoms with Crippen molar-refractivity contribution >= 4 is 11.8 Å². The first-order valence-corrected chi connectivity index (χ1v) is 9.10. The van der Waals surface area contributed by atoms with E-state index in [4.69, 9.17) is 0 Å². The fourth-order valence-electron chi connectivity index (χ4n) is 6.32. The van der Waals surface area contributed by atoms with Gasteiger partial charge in [0.1, 0.15) is 5.78 Å². The zero-order valence-corrected chi connectivity index (χ0v) is 14.7. The van der Waals surface area contributed by atoms with E-state index in [1.807, 2.05) is 19.9 Å². The molecule has 0 heterocycles. The van der Waals surface area contributed by atoms with E-state index in [0.717, 1.165) is 44.9 Å². The average molecular weight is 318 g/mol. The van der Waals surface area contributed by atoms with Crippen LogP contribution in [0, 0.1) is 34.0 Å². The Labute approximate surface area is 139 Å². The van der Waals surface area contributed by atoms with E-state index in [1.165, 1.54) is 0 Å². The molecule has 0 aromatic carbocycles. The SMILES string of the molecule is C=C[C@@]1(C)CC[C@H]2[C@@H](CC[C@@H]3[C@]2(C)CCC[C@@]3(C)C(=O)O)C1=O. The Morgan fingerprint density at radius 1 is 1.17 bits per heavy atom. The molecule has 0 unspecified atom stereocenters. The van der Waals surface area contributed by atoms with Crippen LogP contribution in [0.3, 0.4) is 0 Å². The number of Topliss-reactive ketones (excluding diaryl/α,β-unsaturated/α-hetero) is 1. The molecular formula is C20H30O3. The number of aliphatic carboxylic acids is 1. The maximum absolute atomic E-state index is 13.0. The van der Waals surface area contributed by atoms with Crippen LogP contribution >= 0.6 is 0 Å². The molecule has 6 atom stereocenters. The van der Waals surface area contributed by atoms with Crippen LogP contribution < -0.4 is 0 Å². The second-order valence-electron chi connectivity index (χ2n) is 8.95. The van der Waals surface area contributed by atoms with Gasteiger partial charge in [0, 0.05) is 11.3 Å². The zero-order chi connectivity index (χ0) is 17.0. The molecule has 0 bridgehead atoms. The Morgan fingerprint density at radius 2 is 1.87 bits per heavy atom. The number of hydrogen-bond donors (Lipinski definition) is 1. The summed E-state index contributed by atoms with van der Waals surface area (Å²) in [6.45, 7) is 10.1. The van der Waals surface area contributed by atoms with E-state index in [0.29, 0.717) is 11.7 Å². The molecule has 0 radical (unpaired) electrons. The van der Waals surface area contributed by atoms with Gasteiger partial charge in [0.05, 0.1) is 5.41 Å². The average Bonchev–Trinajstić information content (AvgIpc) is 2.50. The first kappa shape index (κ1) is 16.7. The number of rotatable bonds is 2. The third kappa shape index (κ3) is 2.15. The van der Waals surface area contributed by atoms with E-state index in [1.54, 1.807) is 0 Å². The Kier molecular flexibility index (Phi) is 3.77. The van der Waals surface area contributed by atoms with Gasteiger partial charge >= 0.3 is 5.97 Å². The summed E-state index contributed by atoms with van der Waals surface area (Å²) in [6.07, 6.45) is 8.27. The molecule has 3 aliphatic rings. The smallest absolute Gasteiger partial charge is 0.309 e. The van der Waals surface area contributed by atoms with Gasteiger partial charge in [0.2, 0.25) is 0 Å². The molecule has 3 aliphatic carbocycles. The molecular weight excluding hydrogens is 288 g/mol. The minimum Gasteiger partial charge on any atom is -0.481 e. The largest absolute Gasteiger partial charge is 0.481 e. The molecule has 0 saturated heterocycles. The minimum absolute atomic E-state index is 0.00747. The molecule has 1 N–H and O–H groups in total. The highest BCUT2D eigenvalue weighted by atomic mass is 16.4. The van der Waals surface area contributed by atoms with Crippen LogP contribution in [0.4, 0.5) is 0 Å². The van der Waals surface area contributed by atoms with Crippen LogP contribution in [0.2, 0.25) is 0 Å². The zero-order valence-electron chi connectivity index (χ0n) is 14.7. The predicted molar refractivity (Wildman–Crippen MR) is 89.9 cm³/mol. The van der Waals surface area contributed by atoms with Crippen molar-refractivity contribution in [1.82, 2.24) is 0 Å². The molecule has 0 aliphatic heterocycles. The molecule has 0 aromatic rings. The quantitative estimate of drug-likeness (QED) is 0.765. The summed E-state index contributed by atoms with van der Waals surface area (Å²) in [5.74, 6) is 0.351. The highest BCUT2D eigenvalue weighted by Crippen LogP contribution is 2.64. The van der Waals surface area contributed by atoms with Crippen LogP contribution in [0.5, 0.6) is 0 Å². The van der Waals surface area contributed by atoms with Crippen molar-refractivity contribution in [2.75, 3.05) is 0 Å². The molecule has 3 rings (SSSR count). The third-order valence-electron chi connectivity index (χ3n) is 7.89. The molecule has 0 amide bonds. The number of carbonyl (C=O) groups excluding carboxylic acids is 1. The van der Waals surface area contributed by atoms with Gasteiger partial charge in [0.15, 0.2) is 0 Å². The molecule has 128 valence electrons. The maximum atomic E-state index is 13.0. The lowest BCUT2D eigenvalue weighted by Gasteiger charge is -2.60. The standard InChI is InChI=1S/C20H30O3/c1-5-18(2)12-9-14-13(16(18)21)7-8-15-19(14,3)10-6-11-20(15,4)17(22)23/h5,13-15H,1,6-12H2,2-4H3,(H,22,23)/t13-,14+,15-,18+,19-,20-/m1/s1. The maximum Gasteiger partial charge on any atom is 0.309 e. The van der Waals surface area contributed by atoms with Crippen molar-refractivity contribution in [2.24, 2.45) is 34.0 Å². The fraction of sp³-hybridized carbons (Fsp3) is 0.800. The van der Waals surface area contributed by atoms with Gasteiger partial charge in [-0.3, -0.25) is 9.59 Å². The summed E-state index contributed by atoms with van der Waals surface area (Å²) < 4.78 is 0. The fourth-order valence-corrected chi connectivity index (χ4v) is 6.32. The van der Waals surface area contributed by atoms with E-state index in [2.05, 4.69) is 13.5 Å². The summed E-state index contributed by atoms with van der Waals surface area (Å²) in [6, 6.07) is 0. The Balaban J connectivity index is 1.97. The third-order valence-corrected chi connectivity index (χ3v) is 7.89. The molecule has 0 spiro atoms. The monoisotopic (exact) mass is 318 g/mol. The van der Waals surface area contributed by atoms with Gasteiger partial charge < -0.3 is 5.11 Å². The van der Waals surface area contributed by atoms with Crippen LogP contribution in [0.1, 0.15) is 65.7 Å². The molecule has 3 heteroatoms. The lowest BCUT2D eigenvalue weighted by atomic mass is 9.43. The lowest BCUT2D eigenvalue weighted by molar-refractivity contribution is -0.175. The minimum atomic E-state index is -0.648. The van der Waals surface area contributed by atoms with Crippen LogP contribution in [0.15, 0.2) is 12.7 Å². The second kappa shape index (κ2) is 5.19. The second-order valence-corrected chi connectivity index (χ2v) is 8.95. The highest BCUT2D eigenvalue weighted by molar-refractivity contribution is 5.89. The number of carboxylic acid groups (broad SMARTS) is 1. The van der Waals surface area contributed by atoms with Gasteiger partial charge in [-0.2, -0.15) is 0 Å². The van der Waals surface area contributed by atoms with Gasteiger partial charge in [-0.05, 0) is 69.6 Å². The molecule has 3 saturated carbocycles. The first-order chi connectivity index (χ1) is 10.7. The van der Waals surface area contributed by atoms with Crippen LogP contribution in [0.25, 0.3) is 0 Å². The number of ketones is 1. The molecule has 3 fully saturated rings. The molecule has 0 aromatic heterocycles. The van der Waals surface area contributed by atoms with Crippen molar-refractivity contribution in [1.29, 1.82) is 0 Å². The highest BCUT2D eigenvalue weighted by Gasteiger charge is 2.61. The van der Waals surface area contributed by atoms with Crippen LogP contribution in [-0.4, -0.2) is 16.9 Å². The van der Waals surface area contributed by atoms with E-state index < -0.39 is 11.4 Å². The number of hydrogen-bond acceptors (Lipinski definition) is 2. The van der Waals surface area contributed by atoms with Crippen molar-refractivity contribution in [2.45, 2.75) is 65.7 Å². The van der Waals surface area contributed by atoms with E-state index in [9.17, 15) is 14.7 Å².